The molecule has 0 aliphatic carbocycles. The number of aromatic nitrogens is 4. The van der Waals surface area contributed by atoms with Gasteiger partial charge in [-0.2, -0.15) is 0 Å². The summed E-state index contributed by atoms with van der Waals surface area (Å²) in [5.41, 5.74) is 1.06. The number of carbonyl (C=O) groups is 1. The Morgan fingerprint density at radius 3 is 3.00 bits per heavy atom. The first-order chi connectivity index (χ1) is 11.2. The molecule has 9 nitrogen and oxygen atoms in total. The van der Waals surface area contributed by atoms with Gasteiger partial charge in [0.05, 0.1) is 33.1 Å². The van der Waals surface area contributed by atoms with E-state index in [1.54, 1.807) is 36.3 Å². The van der Waals surface area contributed by atoms with Crippen molar-refractivity contribution in [1.82, 2.24) is 20.0 Å². The molecule has 2 aromatic rings. The number of rotatable bonds is 9. The lowest BCUT2D eigenvalue weighted by molar-refractivity contribution is 0.0280. The fraction of sp³-hybridized carbons (Fsp3) is 0.429. The molecule has 0 aromatic carbocycles. The van der Waals surface area contributed by atoms with E-state index >= 15 is 0 Å². The average molecular weight is 321 g/mol. The quantitative estimate of drug-likeness (QED) is 0.532. The lowest BCUT2D eigenvalue weighted by atomic mass is 10.2. The monoisotopic (exact) mass is 321 g/mol. The molecular weight excluding hydrogens is 302 g/mol. The van der Waals surface area contributed by atoms with Crippen LogP contribution in [0.5, 0.6) is 0 Å². The molecule has 0 atom stereocenters. The van der Waals surface area contributed by atoms with E-state index in [9.17, 15) is 4.79 Å². The Balaban J connectivity index is 1.89. The van der Waals surface area contributed by atoms with Crippen LogP contribution in [0.1, 0.15) is 16.1 Å². The number of ether oxygens (including phenoxy) is 3. The molecule has 0 fully saturated rings. The summed E-state index contributed by atoms with van der Waals surface area (Å²) >= 11 is 0. The Morgan fingerprint density at radius 2 is 2.22 bits per heavy atom. The lowest BCUT2D eigenvalue weighted by Gasteiger charge is -2.07. The molecule has 0 unspecified atom stereocenters. The summed E-state index contributed by atoms with van der Waals surface area (Å²) in [6, 6.07) is 3.31. The van der Waals surface area contributed by atoms with Gasteiger partial charge in [-0.25, -0.2) is 14.5 Å². The smallest absolute Gasteiger partial charge is 0.341 e. The zero-order valence-electron chi connectivity index (χ0n) is 13.1. The van der Waals surface area contributed by atoms with Gasteiger partial charge in [-0.15, -0.1) is 5.10 Å². The number of esters is 1. The van der Waals surface area contributed by atoms with Crippen LogP contribution in [-0.2, 0) is 27.5 Å². The second kappa shape index (κ2) is 8.81. The highest BCUT2D eigenvalue weighted by Crippen LogP contribution is 2.13. The zero-order chi connectivity index (χ0) is 16.5. The summed E-state index contributed by atoms with van der Waals surface area (Å²) in [4.78, 5) is 15.8. The largest absolute Gasteiger partial charge is 0.465 e. The van der Waals surface area contributed by atoms with Crippen LogP contribution in [0.2, 0.25) is 0 Å². The van der Waals surface area contributed by atoms with Gasteiger partial charge in [-0.3, -0.25) is 0 Å². The summed E-state index contributed by atoms with van der Waals surface area (Å²) in [7, 11) is 2.94. The highest BCUT2D eigenvalue weighted by molar-refractivity contribution is 5.94. The first-order valence-corrected chi connectivity index (χ1v) is 6.97. The number of hydrogen-bond acceptors (Lipinski definition) is 8. The maximum absolute atomic E-state index is 11.7. The molecule has 1 N–H and O–H groups in total. The third-order valence-electron chi connectivity index (χ3n) is 2.89. The minimum Gasteiger partial charge on any atom is -0.465 e. The molecule has 23 heavy (non-hydrogen) atoms. The molecule has 9 heteroatoms. The number of hydrogen-bond donors (Lipinski definition) is 1. The Kier molecular flexibility index (Phi) is 6.45. The standard InChI is InChI=1S/C14H19N5O4/c1-21-6-7-23-10-19-9-11(17-18-19)8-16-13-12(14(20)22-2)4-3-5-15-13/h3-5,9H,6-8,10H2,1-2H3,(H,15,16). The van der Waals surface area contributed by atoms with Gasteiger partial charge in [0.1, 0.15) is 23.8 Å². The van der Waals surface area contributed by atoms with Crippen molar-refractivity contribution in [3.05, 3.63) is 35.8 Å². The summed E-state index contributed by atoms with van der Waals surface area (Å²) in [5.74, 6) is -0.0129. The average Bonchev–Trinajstić information content (AvgIpc) is 3.04. The first-order valence-electron chi connectivity index (χ1n) is 6.97. The maximum Gasteiger partial charge on any atom is 0.341 e. The van der Waals surface area contributed by atoms with E-state index in [-0.39, 0.29) is 0 Å². The zero-order valence-corrected chi connectivity index (χ0v) is 13.1. The number of carbonyl (C=O) groups excluding carboxylic acids is 1. The first kappa shape index (κ1) is 16.8. The summed E-state index contributed by atoms with van der Waals surface area (Å²) < 4.78 is 16.5. The fourth-order valence-electron chi connectivity index (χ4n) is 1.78. The molecule has 0 spiro atoms. The lowest BCUT2D eigenvalue weighted by Crippen LogP contribution is -2.10. The molecule has 0 bridgehead atoms. The number of pyridine rings is 1. The van der Waals surface area contributed by atoms with E-state index in [0.29, 0.717) is 43.6 Å². The van der Waals surface area contributed by atoms with Crippen LogP contribution in [0.3, 0.4) is 0 Å². The molecular formula is C14H19N5O4. The van der Waals surface area contributed by atoms with Crippen molar-refractivity contribution in [2.24, 2.45) is 0 Å². The van der Waals surface area contributed by atoms with E-state index in [1.807, 2.05) is 0 Å². The van der Waals surface area contributed by atoms with Gasteiger partial charge in [0.2, 0.25) is 0 Å². The van der Waals surface area contributed by atoms with E-state index < -0.39 is 5.97 Å². The van der Waals surface area contributed by atoms with Gasteiger partial charge in [0.15, 0.2) is 0 Å². The third-order valence-corrected chi connectivity index (χ3v) is 2.89. The van der Waals surface area contributed by atoms with Gasteiger partial charge < -0.3 is 19.5 Å². The van der Waals surface area contributed by atoms with Crippen molar-refractivity contribution < 1.29 is 19.0 Å². The molecule has 0 saturated carbocycles. The minimum atomic E-state index is -0.448. The molecule has 0 radical (unpaired) electrons. The highest BCUT2D eigenvalue weighted by Gasteiger charge is 2.12. The fourth-order valence-corrected chi connectivity index (χ4v) is 1.78. The van der Waals surface area contributed by atoms with Crippen LogP contribution < -0.4 is 5.32 Å². The number of nitrogens with one attached hydrogen (secondary N) is 1. The second-order valence-corrected chi connectivity index (χ2v) is 4.52. The molecule has 2 heterocycles. The summed E-state index contributed by atoms with van der Waals surface area (Å²) in [5, 5.41) is 11.0. The molecule has 0 aliphatic rings. The van der Waals surface area contributed by atoms with E-state index in [1.165, 1.54) is 7.11 Å². The van der Waals surface area contributed by atoms with Crippen LogP contribution in [0.4, 0.5) is 5.82 Å². The molecule has 0 saturated heterocycles. The van der Waals surface area contributed by atoms with Crippen LogP contribution in [0, 0.1) is 0 Å². The molecule has 2 rings (SSSR count). The topological polar surface area (TPSA) is 100 Å². The van der Waals surface area contributed by atoms with Gasteiger partial charge in [0, 0.05) is 13.3 Å². The number of anilines is 1. The molecule has 0 aliphatic heterocycles. The molecule has 0 amide bonds. The van der Waals surface area contributed by atoms with Crippen LogP contribution in [-0.4, -0.2) is 53.4 Å². The van der Waals surface area contributed by atoms with Gasteiger partial charge in [-0.1, -0.05) is 5.21 Å². The van der Waals surface area contributed by atoms with E-state index in [2.05, 4.69) is 20.6 Å². The normalized spacial score (nSPS) is 10.5. The van der Waals surface area contributed by atoms with Gasteiger partial charge in [0.25, 0.3) is 0 Å². The van der Waals surface area contributed by atoms with Crippen LogP contribution in [0.15, 0.2) is 24.5 Å². The Hall–Kier alpha value is -2.52. The van der Waals surface area contributed by atoms with E-state index in [4.69, 9.17) is 14.2 Å². The summed E-state index contributed by atoms with van der Waals surface area (Å²) in [6.45, 7) is 1.69. The van der Waals surface area contributed by atoms with Crippen molar-refractivity contribution >= 4 is 11.8 Å². The Morgan fingerprint density at radius 1 is 1.35 bits per heavy atom. The predicted octanol–water partition coefficient (Wildman–Crippen LogP) is 0.692. The number of methoxy groups -OCH3 is 2. The SMILES string of the molecule is COCCOCn1cc(CNc2ncccc2C(=O)OC)nn1. The van der Waals surface area contributed by atoms with Crippen molar-refractivity contribution in [1.29, 1.82) is 0 Å². The second-order valence-electron chi connectivity index (χ2n) is 4.52. The van der Waals surface area contributed by atoms with Crippen molar-refractivity contribution in [2.75, 3.05) is 32.8 Å². The maximum atomic E-state index is 11.7. The minimum absolute atomic E-state index is 0.299. The van der Waals surface area contributed by atoms with Crippen LogP contribution >= 0.6 is 0 Å². The Bertz CT molecular complexity index is 631. The van der Waals surface area contributed by atoms with Crippen LogP contribution in [0.25, 0.3) is 0 Å². The van der Waals surface area contributed by atoms with Crippen molar-refractivity contribution in [3.63, 3.8) is 0 Å². The molecule has 124 valence electrons. The number of nitrogens with zero attached hydrogens (tertiary/aromatic N) is 4. The highest BCUT2D eigenvalue weighted by atomic mass is 16.5. The third kappa shape index (κ3) is 5.01. The van der Waals surface area contributed by atoms with E-state index in [0.717, 1.165) is 0 Å². The van der Waals surface area contributed by atoms with Gasteiger partial charge >= 0.3 is 5.97 Å². The summed E-state index contributed by atoms with van der Waals surface area (Å²) in [6.07, 6.45) is 3.34. The van der Waals surface area contributed by atoms with Crippen molar-refractivity contribution in [3.8, 4) is 0 Å². The molecule has 2 aromatic heterocycles. The Labute approximate surface area is 133 Å². The predicted molar refractivity (Wildman–Crippen MR) is 80.8 cm³/mol. The van der Waals surface area contributed by atoms with Crippen molar-refractivity contribution in [2.45, 2.75) is 13.3 Å². The van der Waals surface area contributed by atoms with Gasteiger partial charge in [-0.05, 0) is 12.1 Å².